The van der Waals surface area contributed by atoms with E-state index in [2.05, 4.69) is 35.2 Å². The second-order valence-corrected chi connectivity index (χ2v) is 6.13. The summed E-state index contributed by atoms with van der Waals surface area (Å²) in [6.45, 7) is 3.97. The standard InChI is InChI=1S/C17H25N/c1-2-6-15(7-3-1)10-12-18-13-11-16-8-4-5-9-17(16)14-18/h1-3,6-7,16-17H,4-5,8-14H2/t16-,17+/m1/s1. The second kappa shape index (κ2) is 5.88. The summed E-state index contributed by atoms with van der Waals surface area (Å²) in [6, 6.07) is 10.9. The molecule has 0 spiro atoms. The number of likely N-dealkylation sites (tertiary alicyclic amines) is 1. The normalized spacial score (nSPS) is 28.9. The molecule has 0 amide bonds. The van der Waals surface area contributed by atoms with E-state index in [9.17, 15) is 0 Å². The molecule has 2 atom stereocenters. The van der Waals surface area contributed by atoms with Gasteiger partial charge in [0.25, 0.3) is 0 Å². The van der Waals surface area contributed by atoms with Crippen molar-refractivity contribution in [3.63, 3.8) is 0 Å². The van der Waals surface area contributed by atoms with E-state index < -0.39 is 0 Å². The molecule has 1 nitrogen and oxygen atoms in total. The molecular formula is C17H25N. The Hall–Kier alpha value is -0.820. The van der Waals surface area contributed by atoms with Gasteiger partial charge >= 0.3 is 0 Å². The fraction of sp³-hybridized carbons (Fsp3) is 0.647. The summed E-state index contributed by atoms with van der Waals surface area (Å²) in [7, 11) is 0. The van der Waals surface area contributed by atoms with Crippen LogP contribution in [-0.2, 0) is 6.42 Å². The van der Waals surface area contributed by atoms with Crippen molar-refractivity contribution in [1.82, 2.24) is 4.90 Å². The molecule has 1 aliphatic heterocycles. The van der Waals surface area contributed by atoms with Crippen molar-refractivity contribution >= 4 is 0 Å². The molecule has 1 heteroatoms. The topological polar surface area (TPSA) is 3.24 Å². The quantitative estimate of drug-likeness (QED) is 0.781. The molecule has 0 aromatic heterocycles. The van der Waals surface area contributed by atoms with Crippen molar-refractivity contribution < 1.29 is 0 Å². The van der Waals surface area contributed by atoms with Crippen molar-refractivity contribution in [2.24, 2.45) is 11.8 Å². The van der Waals surface area contributed by atoms with E-state index in [0.29, 0.717) is 0 Å². The average Bonchev–Trinajstić information content (AvgIpc) is 2.46. The van der Waals surface area contributed by atoms with Crippen LogP contribution in [0, 0.1) is 11.8 Å². The highest BCUT2D eigenvalue weighted by Gasteiger charge is 2.30. The van der Waals surface area contributed by atoms with Crippen LogP contribution in [0.4, 0.5) is 0 Å². The van der Waals surface area contributed by atoms with Gasteiger partial charge in [0.05, 0.1) is 0 Å². The molecule has 1 heterocycles. The largest absolute Gasteiger partial charge is 0.303 e. The first-order valence-electron chi connectivity index (χ1n) is 7.68. The summed E-state index contributed by atoms with van der Waals surface area (Å²) in [5, 5.41) is 0. The molecule has 0 N–H and O–H groups in total. The van der Waals surface area contributed by atoms with E-state index in [-0.39, 0.29) is 0 Å². The lowest BCUT2D eigenvalue weighted by Crippen LogP contribution is -2.42. The van der Waals surface area contributed by atoms with E-state index in [1.54, 1.807) is 0 Å². The van der Waals surface area contributed by atoms with Gasteiger partial charge in [-0.15, -0.1) is 0 Å². The van der Waals surface area contributed by atoms with Crippen LogP contribution in [-0.4, -0.2) is 24.5 Å². The molecule has 2 aliphatic rings. The first-order valence-corrected chi connectivity index (χ1v) is 7.68. The first-order chi connectivity index (χ1) is 8.92. The zero-order valence-corrected chi connectivity index (χ0v) is 11.4. The molecule has 0 radical (unpaired) electrons. The minimum atomic E-state index is 1.02. The molecule has 0 bridgehead atoms. The predicted octanol–water partition coefficient (Wildman–Crippen LogP) is 3.74. The number of nitrogens with zero attached hydrogens (tertiary/aromatic N) is 1. The third-order valence-electron chi connectivity index (χ3n) is 4.93. The second-order valence-electron chi connectivity index (χ2n) is 6.13. The van der Waals surface area contributed by atoms with Gasteiger partial charge in [0.1, 0.15) is 0 Å². The zero-order valence-electron chi connectivity index (χ0n) is 11.4. The molecule has 1 saturated carbocycles. The molecular weight excluding hydrogens is 218 g/mol. The van der Waals surface area contributed by atoms with Crippen molar-refractivity contribution in [2.45, 2.75) is 38.5 Å². The minimum absolute atomic E-state index is 1.02. The summed E-state index contributed by atoms with van der Waals surface area (Å²) >= 11 is 0. The van der Waals surface area contributed by atoms with Crippen LogP contribution in [0.2, 0.25) is 0 Å². The Morgan fingerprint density at radius 1 is 0.944 bits per heavy atom. The van der Waals surface area contributed by atoms with E-state index in [1.165, 1.54) is 63.7 Å². The Balaban J connectivity index is 1.49. The summed E-state index contributed by atoms with van der Waals surface area (Å²) in [4.78, 5) is 2.71. The summed E-state index contributed by atoms with van der Waals surface area (Å²) < 4.78 is 0. The third kappa shape index (κ3) is 2.95. The lowest BCUT2D eigenvalue weighted by molar-refractivity contribution is 0.0878. The maximum atomic E-state index is 2.71. The van der Waals surface area contributed by atoms with Gasteiger partial charge in [-0.25, -0.2) is 0 Å². The highest BCUT2D eigenvalue weighted by Crippen LogP contribution is 2.35. The molecule has 1 saturated heterocycles. The molecule has 2 fully saturated rings. The fourth-order valence-electron chi connectivity index (χ4n) is 3.81. The van der Waals surface area contributed by atoms with Crippen LogP contribution in [0.15, 0.2) is 30.3 Å². The third-order valence-corrected chi connectivity index (χ3v) is 4.93. The van der Waals surface area contributed by atoms with Crippen molar-refractivity contribution in [1.29, 1.82) is 0 Å². The van der Waals surface area contributed by atoms with Crippen LogP contribution >= 0.6 is 0 Å². The van der Waals surface area contributed by atoms with Crippen molar-refractivity contribution in [2.75, 3.05) is 19.6 Å². The molecule has 18 heavy (non-hydrogen) atoms. The number of hydrogen-bond donors (Lipinski definition) is 0. The van der Waals surface area contributed by atoms with Gasteiger partial charge in [-0.05, 0) is 43.2 Å². The molecule has 3 rings (SSSR count). The maximum Gasteiger partial charge on any atom is 0.00219 e. The first kappa shape index (κ1) is 12.2. The van der Waals surface area contributed by atoms with Gasteiger partial charge in [-0.1, -0.05) is 49.6 Å². The van der Waals surface area contributed by atoms with Gasteiger partial charge in [0.15, 0.2) is 0 Å². The highest BCUT2D eigenvalue weighted by molar-refractivity contribution is 5.14. The molecule has 1 aliphatic carbocycles. The smallest absolute Gasteiger partial charge is 0.00219 e. The Kier molecular flexibility index (Phi) is 3.99. The van der Waals surface area contributed by atoms with Crippen LogP contribution < -0.4 is 0 Å². The fourth-order valence-corrected chi connectivity index (χ4v) is 3.81. The average molecular weight is 243 g/mol. The molecule has 0 unspecified atom stereocenters. The summed E-state index contributed by atoms with van der Waals surface area (Å²) in [6.07, 6.45) is 8.65. The highest BCUT2D eigenvalue weighted by atomic mass is 15.1. The van der Waals surface area contributed by atoms with Gasteiger partial charge in [-0.3, -0.25) is 0 Å². The Bertz CT molecular complexity index is 359. The summed E-state index contributed by atoms with van der Waals surface area (Å²) in [5.41, 5.74) is 1.49. The van der Waals surface area contributed by atoms with Crippen LogP contribution in [0.1, 0.15) is 37.7 Å². The van der Waals surface area contributed by atoms with Gasteiger partial charge < -0.3 is 4.90 Å². The van der Waals surface area contributed by atoms with Crippen LogP contribution in [0.3, 0.4) is 0 Å². The number of piperidine rings is 1. The van der Waals surface area contributed by atoms with Crippen molar-refractivity contribution in [3.8, 4) is 0 Å². The Labute approximate surface area is 111 Å². The monoisotopic (exact) mass is 243 g/mol. The van der Waals surface area contributed by atoms with E-state index in [4.69, 9.17) is 0 Å². The van der Waals surface area contributed by atoms with Gasteiger partial charge in [0.2, 0.25) is 0 Å². The van der Waals surface area contributed by atoms with E-state index in [1.807, 2.05) is 0 Å². The lowest BCUT2D eigenvalue weighted by Gasteiger charge is -2.41. The lowest BCUT2D eigenvalue weighted by atomic mass is 9.75. The van der Waals surface area contributed by atoms with Crippen LogP contribution in [0.25, 0.3) is 0 Å². The van der Waals surface area contributed by atoms with Crippen molar-refractivity contribution in [3.05, 3.63) is 35.9 Å². The van der Waals surface area contributed by atoms with E-state index in [0.717, 1.165) is 11.8 Å². The molecule has 98 valence electrons. The molecule has 1 aromatic rings. The maximum absolute atomic E-state index is 2.71. The number of hydrogen-bond acceptors (Lipinski definition) is 1. The molecule has 1 aromatic carbocycles. The van der Waals surface area contributed by atoms with Gasteiger partial charge in [-0.2, -0.15) is 0 Å². The SMILES string of the molecule is c1ccc(CCN2CC[C@H]3CCCC[C@H]3C2)cc1. The Morgan fingerprint density at radius 2 is 1.72 bits per heavy atom. The van der Waals surface area contributed by atoms with E-state index >= 15 is 0 Å². The number of rotatable bonds is 3. The van der Waals surface area contributed by atoms with Crippen LogP contribution in [0.5, 0.6) is 0 Å². The van der Waals surface area contributed by atoms with Gasteiger partial charge in [0, 0.05) is 13.1 Å². The minimum Gasteiger partial charge on any atom is -0.303 e. The predicted molar refractivity (Wildman–Crippen MR) is 76.7 cm³/mol. The number of benzene rings is 1. The Morgan fingerprint density at radius 3 is 2.56 bits per heavy atom. The zero-order chi connectivity index (χ0) is 12.2. The number of fused-ring (bicyclic) bond motifs is 1. The summed E-state index contributed by atoms with van der Waals surface area (Å²) in [5.74, 6) is 2.08.